The molecule has 0 atom stereocenters. The fourth-order valence-corrected chi connectivity index (χ4v) is 1.96. The van der Waals surface area contributed by atoms with E-state index in [4.69, 9.17) is 0 Å². The number of urea groups is 1. The van der Waals surface area contributed by atoms with Crippen LogP contribution >= 0.6 is 0 Å². The number of amides is 2. The van der Waals surface area contributed by atoms with Gasteiger partial charge >= 0.3 is 18.4 Å². The van der Waals surface area contributed by atoms with Crippen molar-refractivity contribution in [3.63, 3.8) is 0 Å². The van der Waals surface area contributed by atoms with E-state index in [1.807, 2.05) is 5.32 Å². The third kappa shape index (κ3) is 6.18. The number of hydrazine groups is 1. The van der Waals surface area contributed by atoms with Crippen molar-refractivity contribution in [2.75, 3.05) is 5.32 Å². The normalized spacial score (nSPS) is 12.5. The molecule has 0 aliphatic heterocycles. The van der Waals surface area contributed by atoms with E-state index in [1.54, 1.807) is 29.9 Å². The molecule has 2 amide bonds. The number of alkyl halides is 6. The number of halogens is 6. The number of hydrogen-bond donors (Lipinski definition) is 3. The Morgan fingerprint density at radius 2 is 1.57 bits per heavy atom. The van der Waals surface area contributed by atoms with E-state index in [-0.39, 0.29) is 11.4 Å². The first-order valence-corrected chi connectivity index (χ1v) is 7.68. The number of carbonyl (C=O) groups excluding carboxylic acids is 1. The topological polar surface area (TPSA) is 65.5 Å². The summed E-state index contributed by atoms with van der Waals surface area (Å²) in [6.07, 6.45) is -9.54. The van der Waals surface area contributed by atoms with E-state index in [0.29, 0.717) is 6.07 Å². The number of amidine groups is 1. The summed E-state index contributed by atoms with van der Waals surface area (Å²) >= 11 is 0. The number of nitrogens with one attached hydrogen (secondary N) is 3. The van der Waals surface area contributed by atoms with Gasteiger partial charge in [0.15, 0.2) is 0 Å². The van der Waals surface area contributed by atoms with Gasteiger partial charge in [0.2, 0.25) is 5.84 Å². The van der Waals surface area contributed by atoms with Crippen LogP contribution in [0.1, 0.15) is 11.1 Å². The second kappa shape index (κ2) is 8.19. The summed E-state index contributed by atoms with van der Waals surface area (Å²) in [5.74, 6) is -1.50. The molecule has 0 saturated heterocycles. The summed E-state index contributed by atoms with van der Waals surface area (Å²) in [5.41, 5.74) is 2.86. The van der Waals surface area contributed by atoms with Gasteiger partial charge < -0.3 is 5.32 Å². The van der Waals surface area contributed by atoms with Crippen molar-refractivity contribution in [3.05, 3.63) is 59.7 Å². The summed E-state index contributed by atoms with van der Waals surface area (Å²) < 4.78 is 77.1. The molecule has 0 aliphatic rings. The van der Waals surface area contributed by atoms with Gasteiger partial charge in [0.25, 0.3) is 0 Å². The van der Waals surface area contributed by atoms with E-state index >= 15 is 0 Å². The molecule has 0 aliphatic carbocycles. The monoisotopic (exact) mass is 404 g/mol. The Morgan fingerprint density at radius 1 is 0.929 bits per heavy atom. The lowest BCUT2D eigenvalue weighted by Crippen LogP contribution is -2.49. The second-order valence-corrected chi connectivity index (χ2v) is 5.58. The lowest BCUT2D eigenvalue weighted by Gasteiger charge is -2.15. The highest BCUT2D eigenvalue weighted by atomic mass is 19.4. The lowest BCUT2D eigenvalue weighted by molar-refractivity contribution is -0.137. The van der Waals surface area contributed by atoms with Gasteiger partial charge in [-0.1, -0.05) is 23.8 Å². The zero-order valence-corrected chi connectivity index (χ0v) is 14.2. The number of nitrogens with zero attached hydrogens (tertiary/aromatic N) is 1. The fourth-order valence-electron chi connectivity index (χ4n) is 1.96. The summed E-state index contributed by atoms with van der Waals surface area (Å²) in [4.78, 5) is 15.1. The van der Waals surface area contributed by atoms with Crippen LogP contribution in [-0.4, -0.2) is 18.0 Å². The Kier molecular flexibility index (Phi) is 6.16. The molecule has 0 unspecified atom stereocenters. The Morgan fingerprint density at radius 3 is 2.14 bits per heavy atom. The third-order valence-corrected chi connectivity index (χ3v) is 3.29. The van der Waals surface area contributed by atoms with Gasteiger partial charge in [0.1, 0.15) is 0 Å². The molecule has 28 heavy (non-hydrogen) atoms. The highest BCUT2D eigenvalue weighted by molar-refractivity contribution is 5.94. The van der Waals surface area contributed by atoms with Crippen molar-refractivity contribution in [1.29, 1.82) is 0 Å². The lowest BCUT2D eigenvalue weighted by atomic mass is 10.2. The van der Waals surface area contributed by atoms with Crippen molar-refractivity contribution < 1.29 is 31.1 Å². The highest BCUT2D eigenvalue weighted by Crippen LogP contribution is 2.30. The maximum Gasteiger partial charge on any atom is 0.450 e. The number of benzene rings is 2. The number of rotatable bonds is 2. The van der Waals surface area contributed by atoms with E-state index in [9.17, 15) is 31.1 Å². The first kappa shape index (κ1) is 21.1. The highest BCUT2D eigenvalue weighted by Gasteiger charge is 2.36. The predicted octanol–water partition coefficient (Wildman–Crippen LogP) is 4.93. The molecule has 2 aromatic rings. The molecule has 11 heteroatoms. The number of anilines is 1. The standard InChI is InChI=1S/C17H14F6N4O/c1-10-5-7-12(8-6-10)24-14(17(21,22)23)26-27-15(28)25-13-4-2-3-11(9-13)16(18,19)20/h2-9H,1H3,(H,24,26)(H2,25,27,28). The smallest absolute Gasteiger partial charge is 0.307 e. The van der Waals surface area contributed by atoms with Crippen LogP contribution in [0.2, 0.25) is 0 Å². The summed E-state index contributed by atoms with van der Waals surface area (Å²) in [5, 5.41) is 2.00. The van der Waals surface area contributed by atoms with Crippen LogP contribution in [0.25, 0.3) is 0 Å². The van der Waals surface area contributed by atoms with Gasteiger partial charge in [-0.25, -0.2) is 9.79 Å². The van der Waals surface area contributed by atoms with Gasteiger partial charge in [-0.15, -0.1) is 0 Å². The van der Waals surface area contributed by atoms with E-state index in [0.717, 1.165) is 23.8 Å². The van der Waals surface area contributed by atoms with Gasteiger partial charge in [0.05, 0.1) is 11.3 Å². The number of aliphatic imine (C=N–C) groups is 1. The molecule has 150 valence electrons. The zero-order chi connectivity index (χ0) is 20.9. The second-order valence-electron chi connectivity index (χ2n) is 5.58. The molecule has 0 saturated carbocycles. The minimum atomic E-state index is -4.91. The van der Waals surface area contributed by atoms with Crippen LogP contribution in [0, 0.1) is 6.92 Å². The van der Waals surface area contributed by atoms with Crippen LogP contribution < -0.4 is 16.2 Å². The van der Waals surface area contributed by atoms with Crippen LogP contribution in [-0.2, 0) is 6.18 Å². The Labute approximate surface area is 155 Å². The van der Waals surface area contributed by atoms with E-state index in [2.05, 4.69) is 4.99 Å². The molecule has 2 aromatic carbocycles. The molecule has 0 radical (unpaired) electrons. The molecular formula is C17H14F6N4O. The zero-order valence-electron chi connectivity index (χ0n) is 14.2. The van der Waals surface area contributed by atoms with Crippen molar-refractivity contribution >= 4 is 23.2 Å². The maximum absolute atomic E-state index is 13.1. The average molecular weight is 404 g/mol. The van der Waals surface area contributed by atoms with Crippen LogP contribution in [0.4, 0.5) is 42.5 Å². The van der Waals surface area contributed by atoms with Gasteiger partial charge in [0, 0.05) is 5.69 Å². The molecule has 0 spiro atoms. The molecule has 0 aromatic heterocycles. The van der Waals surface area contributed by atoms with Crippen LogP contribution in [0.15, 0.2) is 53.5 Å². The van der Waals surface area contributed by atoms with E-state index in [1.165, 1.54) is 12.1 Å². The summed E-state index contributed by atoms with van der Waals surface area (Å²) in [6, 6.07) is 8.24. The Bertz CT molecular complexity index is 859. The first-order valence-electron chi connectivity index (χ1n) is 7.68. The van der Waals surface area contributed by atoms with Crippen LogP contribution in [0.3, 0.4) is 0 Å². The molecule has 5 nitrogen and oxygen atoms in total. The maximum atomic E-state index is 13.1. The third-order valence-electron chi connectivity index (χ3n) is 3.29. The summed E-state index contributed by atoms with van der Waals surface area (Å²) in [7, 11) is 0. The van der Waals surface area contributed by atoms with Crippen molar-refractivity contribution in [2.45, 2.75) is 19.3 Å². The Balaban J connectivity index is 2.07. The molecular weight excluding hydrogens is 390 g/mol. The first-order chi connectivity index (χ1) is 12.9. The molecule has 0 fully saturated rings. The molecule has 0 heterocycles. The predicted molar refractivity (Wildman–Crippen MR) is 91.1 cm³/mol. The van der Waals surface area contributed by atoms with E-state index < -0.39 is 29.8 Å². The molecule has 0 bridgehead atoms. The van der Waals surface area contributed by atoms with Gasteiger partial charge in [-0.05, 0) is 37.3 Å². The average Bonchev–Trinajstić information content (AvgIpc) is 2.58. The largest absolute Gasteiger partial charge is 0.450 e. The SMILES string of the molecule is Cc1ccc(N=C(NNC(=O)Nc2cccc(C(F)(F)F)c2)C(F)(F)F)cc1. The molecule has 2 rings (SSSR count). The number of carbonyl (C=O) groups is 1. The van der Waals surface area contributed by atoms with Crippen molar-refractivity contribution in [1.82, 2.24) is 10.9 Å². The minimum Gasteiger partial charge on any atom is -0.307 e. The van der Waals surface area contributed by atoms with Gasteiger partial charge in [-0.2, -0.15) is 26.3 Å². The van der Waals surface area contributed by atoms with Gasteiger partial charge in [-0.3, -0.25) is 10.9 Å². The van der Waals surface area contributed by atoms with Crippen molar-refractivity contribution in [2.24, 2.45) is 4.99 Å². The fraction of sp³-hybridized carbons (Fsp3) is 0.176. The minimum absolute atomic E-state index is 0.00879. The summed E-state index contributed by atoms with van der Waals surface area (Å²) in [6.45, 7) is 1.75. The number of hydrogen-bond acceptors (Lipinski definition) is 2. The van der Waals surface area contributed by atoms with Crippen molar-refractivity contribution in [3.8, 4) is 0 Å². The number of aryl methyl sites for hydroxylation is 1. The Hall–Kier alpha value is -3.24. The van der Waals surface area contributed by atoms with Crippen LogP contribution in [0.5, 0.6) is 0 Å². The quantitative estimate of drug-likeness (QED) is 0.288. The molecule has 3 N–H and O–H groups in total.